The van der Waals surface area contributed by atoms with Gasteiger partial charge in [0, 0.05) is 6.26 Å². The molecule has 0 aliphatic heterocycles. The minimum Gasteiger partial charge on any atom is -0.338 e. The Labute approximate surface area is 102 Å². The summed E-state index contributed by atoms with van der Waals surface area (Å²) in [4.78, 5) is 4.11. The molecule has 0 spiro atoms. The highest BCUT2D eigenvalue weighted by Crippen LogP contribution is 2.29. The fourth-order valence-electron chi connectivity index (χ4n) is 1.02. The Morgan fingerprint density at radius 1 is 1.35 bits per heavy atom. The molecule has 7 heteroatoms. The first kappa shape index (κ1) is 14.1. The summed E-state index contributed by atoms with van der Waals surface area (Å²) in [6.07, 6.45) is 1.77. The Hall–Kier alpha value is -0.950. The molecule has 1 atom stereocenters. The van der Waals surface area contributed by atoms with Gasteiger partial charge < -0.3 is 10.3 Å². The van der Waals surface area contributed by atoms with Crippen molar-refractivity contribution in [3.05, 3.63) is 11.7 Å². The van der Waals surface area contributed by atoms with Gasteiger partial charge in [0.25, 0.3) is 0 Å². The van der Waals surface area contributed by atoms with E-state index in [4.69, 9.17) is 10.3 Å². The quantitative estimate of drug-likeness (QED) is 0.865. The smallest absolute Gasteiger partial charge is 0.247 e. The van der Waals surface area contributed by atoms with Gasteiger partial charge in [0.15, 0.2) is 15.7 Å². The molecule has 1 unspecified atom stereocenters. The number of hydrogen-bond donors (Lipinski definition) is 1. The van der Waals surface area contributed by atoms with Crippen LogP contribution in [0.3, 0.4) is 0 Å². The van der Waals surface area contributed by atoms with Crippen molar-refractivity contribution in [2.45, 2.75) is 44.4 Å². The van der Waals surface area contributed by atoms with Gasteiger partial charge in [0.2, 0.25) is 5.89 Å². The fourth-order valence-corrected chi connectivity index (χ4v) is 1.42. The largest absolute Gasteiger partial charge is 0.338 e. The van der Waals surface area contributed by atoms with E-state index in [1.807, 2.05) is 6.92 Å². The highest BCUT2D eigenvalue weighted by atomic mass is 32.2. The Morgan fingerprint density at radius 3 is 2.29 bits per heavy atom. The SMILES string of the molecule is CCC(C)(N)c1noc(C(C)(C)S(C)(=O)=O)n1. The number of nitrogens with two attached hydrogens (primary N) is 1. The fraction of sp³-hybridized carbons (Fsp3) is 0.800. The topological polar surface area (TPSA) is 99.1 Å². The van der Waals surface area contributed by atoms with E-state index in [1.165, 1.54) is 13.8 Å². The highest BCUT2D eigenvalue weighted by molar-refractivity contribution is 7.91. The molecule has 0 amide bonds. The summed E-state index contributed by atoms with van der Waals surface area (Å²) in [5.41, 5.74) is 5.26. The van der Waals surface area contributed by atoms with Crippen molar-refractivity contribution >= 4 is 9.84 Å². The standard InChI is InChI=1S/C10H19N3O3S/c1-6-10(4,11)7-12-8(16-13-7)9(2,3)17(5,14)15/h6,11H2,1-5H3. The Bertz CT molecular complexity index is 503. The number of sulfone groups is 1. The molecular weight excluding hydrogens is 242 g/mol. The van der Waals surface area contributed by atoms with Crippen molar-refractivity contribution in [3.63, 3.8) is 0 Å². The van der Waals surface area contributed by atoms with Gasteiger partial charge in [-0.1, -0.05) is 12.1 Å². The summed E-state index contributed by atoms with van der Waals surface area (Å²) in [6, 6.07) is 0. The first-order valence-corrected chi connectivity index (χ1v) is 7.24. The van der Waals surface area contributed by atoms with Gasteiger partial charge in [-0.05, 0) is 27.2 Å². The molecule has 0 aromatic carbocycles. The maximum atomic E-state index is 11.6. The van der Waals surface area contributed by atoms with E-state index in [-0.39, 0.29) is 5.89 Å². The molecule has 0 aliphatic carbocycles. The van der Waals surface area contributed by atoms with Crippen LogP contribution < -0.4 is 5.73 Å². The van der Waals surface area contributed by atoms with Crippen molar-refractivity contribution in [2.75, 3.05) is 6.26 Å². The molecule has 0 radical (unpaired) electrons. The summed E-state index contributed by atoms with van der Waals surface area (Å²) < 4.78 is 27.1. The molecule has 1 heterocycles. The van der Waals surface area contributed by atoms with Crippen LogP contribution in [-0.4, -0.2) is 24.8 Å². The van der Waals surface area contributed by atoms with Gasteiger partial charge in [0.05, 0.1) is 5.54 Å². The molecule has 1 aromatic heterocycles. The maximum absolute atomic E-state index is 11.6. The lowest BCUT2D eigenvalue weighted by atomic mass is 10.00. The number of hydrogen-bond acceptors (Lipinski definition) is 6. The van der Waals surface area contributed by atoms with E-state index >= 15 is 0 Å². The second-order valence-electron chi connectivity index (χ2n) is 4.98. The van der Waals surface area contributed by atoms with Crippen LogP contribution in [0.4, 0.5) is 0 Å². The van der Waals surface area contributed by atoms with Crippen LogP contribution in [0.15, 0.2) is 4.52 Å². The zero-order chi connectivity index (χ0) is 13.5. The molecule has 0 bridgehead atoms. The lowest BCUT2D eigenvalue weighted by Crippen LogP contribution is -2.34. The molecule has 6 nitrogen and oxygen atoms in total. The van der Waals surface area contributed by atoms with Crippen molar-refractivity contribution in [3.8, 4) is 0 Å². The minimum atomic E-state index is -3.33. The molecule has 0 saturated carbocycles. The van der Waals surface area contributed by atoms with Gasteiger partial charge in [0.1, 0.15) is 4.75 Å². The molecule has 17 heavy (non-hydrogen) atoms. The predicted molar refractivity (Wildman–Crippen MR) is 64.0 cm³/mol. The molecule has 2 N–H and O–H groups in total. The number of rotatable bonds is 4. The van der Waals surface area contributed by atoms with E-state index in [1.54, 1.807) is 6.92 Å². The molecule has 0 aliphatic rings. The van der Waals surface area contributed by atoms with Crippen LogP contribution in [0.1, 0.15) is 45.8 Å². The van der Waals surface area contributed by atoms with Crippen LogP contribution >= 0.6 is 0 Å². The van der Waals surface area contributed by atoms with E-state index in [0.29, 0.717) is 12.2 Å². The van der Waals surface area contributed by atoms with Crippen LogP contribution in [0.5, 0.6) is 0 Å². The summed E-state index contributed by atoms with van der Waals surface area (Å²) in [5.74, 6) is 0.395. The molecule has 0 saturated heterocycles. The van der Waals surface area contributed by atoms with E-state index < -0.39 is 20.1 Å². The van der Waals surface area contributed by atoms with Crippen LogP contribution in [0.25, 0.3) is 0 Å². The third kappa shape index (κ3) is 2.50. The summed E-state index contributed by atoms with van der Waals surface area (Å²) in [5, 5.41) is 3.76. The predicted octanol–water partition coefficient (Wildman–Crippen LogP) is 0.933. The Kier molecular flexibility index (Phi) is 3.37. The second-order valence-corrected chi connectivity index (χ2v) is 7.54. The van der Waals surface area contributed by atoms with Gasteiger partial charge in [-0.15, -0.1) is 0 Å². The van der Waals surface area contributed by atoms with Gasteiger partial charge in [-0.25, -0.2) is 8.42 Å². The third-order valence-corrected chi connectivity index (χ3v) is 5.14. The van der Waals surface area contributed by atoms with Crippen LogP contribution in [0.2, 0.25) is 0 Å². The Morgan fingerprint density at radius 2 is 1.88 bits per heavy atom. The van der Waals surface area contributed by atoms with Gasteiger partial charge in [-0.2, -0.15) is 4.98 Å². The maximum Gasteiger partial charge on any atom is 0.247 e. The number of aromatic nitrogens is 2. The molecular formula is C10H19N3O3S. The van der Waals surface area contributed by atoms with Crippen molar-refractivity contribution < 1.29 is 12.9 Å². The second kappa shape index (κ2) is 4.06. The van der Waals surface area contributed by atoms with Gasteiger partial charge >= 0.3 is 0 Å². The van der Waals surface area contributed by atoms with E-state index in [9.17, 15) is 8.42 Å². The molecule has 1 rings (SSSR count). The van der Waals surface area contributed by atoms with Crippen LogP contribution in [0, 0.1) is 0 Å². The van der Waals surface area contributed by atoms with Crippen molar-refractivity contribution in [2.24, 2.45) is 5.73 Å². The van der Waals surface area contributed by atoms with Crippen LogP contribution in [-0.2, 0) is 20.1 Å². The van der Waals surface area contributed by atoms with Crippen molar-refractivity contribution in [1.82, 2.24) is 10.1 Å². The minimum absolute atomic E-state index is 0.0696. The molecule has 0 fully saturated rings. The Balaban J connectivity index is 3.22. The summed E-state index contributed by atoms with van der Waals surface area (Å²) in [7, 11) is -3.33. The average Bonchev–Trinajstić information content (AvgIpc) is 2.65. The molecule has 98 valence electrons. The van der Waals surface area contributed by atoms with E-state index in [2.05, 4.69) is 10.1 Å². The van der Waals surface area contributed by atoms with Gasteiger partial charge in [-0.3, -0.25) is 0 Å². The lowest BCUT2D eigenvalue weighted by Gasteiger charge is -2.18. The first-order chi connectivity index (χ1) is 7.52. The normalized spacial score (nSPS) is 16.8. The monoisotopic (exact) mass is 261 g/mol. The highest BCUT2D eigenvalue weighted by Gasteiger charge is 2.39. The molecule has 1 aromatic rings. The zero-order valence-electron chi connectivity index (χ0n) is 10.8. The lowest BCUT2D eigenvalue weighted by molar-refractivity contribution is 0.331. The number of nitrogens with zero attached hydrogens (tertiary/aromatic N) is 2. The summed E-state index contributed by atoms with van der Waals surface area (Å²) in [6.45, 7) is 6.73. The average molecular weight is 261 g/mol. The zero-order valence-corrected chi connectivity index (χ0v) is 11.6. The van der Waals surface area contributed by atoms with E-state index in [0.717, 1.165) is 6.26 Å². The third-order valence-electron chi connectivity index (χ3n) is 3.11. The summed E-state index contributed by atoms with van der Waals surface area (Å²) >= 11 is 0. The first-order valence-electron chi connectivity index (χ1n) is 5.35. The van der Waals surface area contributed by atoms with Crippen molar-refractivity contribution in [1.29, 1.82) is 0 Å².